The number of benzene rings is 1. The molecular formula is C22H25N3O4S. The van der Waals surface area contributed by atoms with Crippen molar-refractivity contribution in [3.05, 3.63) is 58.3 Å². The third kappa shape index (κ3) is 4.11. The fraction of sp³-hybridized carbons (Fsp3) is 0.409. The van der Waals surface area contributed by atoms with Crippen molar-refractivity contribution < 1.29 is 19.1 Å². The lowest BCUT2D eigenvalue weighted by molar-refractivity contribution is -0.140. The van der Waals surface area contributed by atoms with E-state index in [1.54, 1.807) is 35.3 Å². The third-order valence-electron chi connectivity index (χ3n) is 5.65. The molecule has 2 unspecified atom stereocenters. The summed E-state index contributed by atoms with van der Waals surface area (Å²) in [6.45, 7) is 2.98. The largest absolute Gasteiger partial charge is 0.376 e. The number of rotatable bonds is 7. The number of nitrogens with zero attached hydrogens (tertiary/aromatic N) is 2. The number of hydrogen-bond acceptors (Lipinski definition) is 5. The Balaban J connectivity index is 1.49. The number of carbonyl (C=O) groups is 3. The van der Waals surface area contributed by atoms with Crippen LogP contribution in [0.25, 0.3) is 0 Å². The van der Waals surface area contributed by atoms with Gasteiger partial charge in [0.05, 0.1) is 12.6 Å². The van der Waals surface area contributed by atoms with Crippen molar-refractivity contribution in [2.45, 2.75) is 38.0 Å². The van der Waals surface area contributed by atoms with E-state index >= 15 is 0 Å². The summed E-state index contributed by atoms with van der Waals surface area (Å²) in [4.78, 5) is 42.6. The second-order valence-corrected chi connectivity index (χ2v) is 8.83. The fourth-order valence-corrected chi connectivity index (χ4v) is 4.64. The van der Waals surface area contributed by atoms with Crippen LogP contribution in [0.2, 0.25) is 0 Å². The van der Waals surface area contributed by atoms with Gasteiger partial charge in [-0.2, -0.15) is 0 Å². The van der Waals surface area contributed by atoms with E-state index in [0.29, 0.717) is 25.3 Å². The Morgan fingerprint density at radius 1 is 1.27 bits per heavy atom. The fourth-order valence-electron chi connectivity index (χ4n) is 3.92. The van der Waals surface area contributed by atoms with Crippen LogP contribution < -0.4 is 5.32 Å². The minimum absolute atomic E-state index is 0.00778. The highest BCUT2D eigenvalue weighted by Crippen LogP contribution is 2.28. The highest BCUT2D eigenvalue weighted by molar-refractivity contribution is 7.09. The zero-order chi connectivity index (χ0) is 21.1. The predicted octanol–water partition coefficient (Wildman–Crippen LogP) is 2.72. The molecule has 8 heteroatoms. The van der Waals surface area contributed by atoms with Gasteiger partial charge in [-0.25, -0.2) is 4.79 Å². The monoisotopic (exact) mass is 427 g/mol. The maximum absolute atomic E-state index is 13.2. The minimum atomic E-state index is -1.17. The summed E-state index contributed by atoms with van der Waals surface area (Å²) in [5, 5.41) is 4.72. The molecule has 0 radical (unpaired) electrons. The quantitative estimate of drug-likeness (QED) is 0.689. The number of amides is 4. The second kappa shape index (κ2) is 8.57. The first kappa shape index (κ1) is 20.6. The van der Waals surface area contributed by atoms with Crippen molar-refractivity contribution in [2.75, 3.05) is 19.7 Å². The third-order valence-corrected chi connectivity index (χ3v) is 6.51. The summed E-state index contributed by atoms with van der Waals surface area (Å²) in [6, 6.07) is 12.4. The van der Waals surface area contributed by atoms with Crippen molar-refractivity contribution in [2.24, 2.45) is 0 Å². The Kier molecular flexibility index (Phi) is 5.87. The first-order valence-electron chi connectivity index (χ1n) is 10.1. The molecule has 2 saturated heterocycles. The highest BCUT2D eigenvalue weighted by Gasteiger charge is 2.49. The van der Waals surface area contributed by atoms with E-state index in [1.165, 1.54) is 0 Å². The molecule has 4 amide bonds. The predicted molar refractivity (Wildman–Crippen MR) is 113 cm³/mol. The number of imide groups is 1. The Morgan fingerprint density at radius 2 is 2.07 bits per heavy atom. The van der Waals surface area contributed by atoms with Crippen LogP contribution in [0.4, 0.5) is 4.79 Å². The summed E-state index contributed by atoms with van der Waals surface area (Å²) in [6.07, 6.45) is 1.88. The van der Waals surface area contributed by atoms with E-state index in [4.69, 9.17) is 4.74 Å². The molecule has 0 saturated carbocycles. The van der Waals surface area contributed by atoms with Crippen molar-refractivity contribution in [3.63, 3.8) is 0 Å². The van der Waals surface area contributed by atoms with E-state index in [1.807, 2.05) is 35.7 Å². The molecule has 3 heterocycles. The van der Waals surface area contributed by atoms with Gasteiger partial charge in [0, 0.05) is 18.0 Å². The summed E-state index contributed by atoms with van der Waals surface area (Å²) >= 11 is 1.57. The molecule has 7 nitrogen and oxygen atoms in total. The molecule has 2 aromatic rings. The van der Waals surface area contributed by atoms with E-state index in [-0.39, 0.29) is 18.6 Å². The standard InChI is InChI=1S/C22H25N3O4S/c1-22(16-7-3-2-4-8-16)20(27)25(21(28)23-22)15-19(26)24(13-17-9-5-11-29-17)14-18-10-6-12-30-18/h2-4,6-8,10,12,17H,5,9,11,13-15H2,1H3,(H,23,28). The van der Waals surface area contributed by atoms with Crippen LogP contribution in [-0.2, 0) is 26.4 Å². The summed E-state index contributed by atoms with van der Waals surface area (Å²) in [7, 11) is 0. The Bertz CT molecular complexity index is 912. The van der Waals surface area contributed by atoms with Gasteiger partial charge in [0.15, 0.2) is 0 Å². The van der Waals surface area contributed by atoms with Crippen LogP contribution in [0.3, 0.4) is 0 Å². The Labute approximate surface area is 179 Å². The molecule has 2 fully saturated rings. The molecule has 0 bridgehead atoms. The lowest BCUT2D eigenvalue weighted by atomic mass is 9.92. The van der Waals surface area contributed by atoms with Crippen molar-refractivity contribution in [1.29, 1.82) is 0 Å². The van der Waals surface area contributed by atoms with Gasteiger partial charge in [-0.3, -0.25) is 14.5 Å². The molecule has 2 atom stereocenters. The Morgan fingerprint density at radius 3 is 2.73 bits per heavy atom. The van der Waals surface area contributed by atoms with Crippen LogP contribution >= 0.6 is 11.3 Å². The van der Waals surface area contributed by atoms with Crippen LogP contribution in [0.1, 0.15) is 30.2 Å². The SMILES string of the molecule is CC1(c2ccccc2)NC(=O)N(CC(=O)N(Cc2cccs2)CC2CCCO2)C1=O. The first-order valence-corrected chi connectivity index (χ1v) is 11.0. The van der Waals surface area contributed by atoms with Gasteiger partial charge in [0.25, 0.3) is 5.91 Å². The summed E-state index contributed by atoms with van der Waals surface area (Å²) in [5.41, 5.74) is -0.487. The van der Waals surface area contributed by atoms with Gasteiger partial charge < -0.3 is 15.0 Å². The highest BCUT2D eigenvalue weighted by atomic mass is 32.1. The lowest BCUT2D eigenvalue weighted by Gasteiger charge is -2.27. The molecule has 1 N–H and O–H groups in total. The number of hydrogen-bond donors (Lipinski definition) is 1. The zero-order valence-electron chi connectivity index (χ0n) is 16.9. The molecule has 2 aliphatic rings. The van der Waals surface area contributed by atoms with E-state index in [2.05, 4.69) is 5.32 Å². The average molecular weight is 428 g/mol. The van der Waals surface area contributed by atoms with Crippen LogP contribution in [0.5, 0.6) is 0 Å². The number of urea groups is 1. The van der Waals surface area contributed by atoms with Gasteiger partial charge in [-0.15, -0.1) is 11.3 Å². The number of thiophene rings is 1. The van der Waals surface area contributed by atoms with Gasteiger partial charge in [-0.05, 0) is 36.8 Å². The normalized spacial score (nSPS) is 23.6. The van der Waals surface area contributed by atoms with Crippen LogP contribution in [0.15, 0.2) is 47.8 Å². The van der Waals surface area contributed by atoms with E-state index in [0.717, 1.165) is 22.6 Å². The summed E-state index contributed by atoms with van der Waals surface area (Å²) in [5.74, 6) is -0.681. The molecule has 1 aromatic heterocycles. The van der Waals surface area contributed by atoms with Gasteiger partial charge in [0.2, 0.25) is 5.91 Å². The van der Waals surface area contributed by atoms with Crippen LogP contribution in [0, 0.1) is 0 Å². The van der Waals surface area contributed by atoms with Crippen molar-refractivity contribution in [1.82, 2.24) is 15.1 Å². The van der Waals surface area contributed by atoms with Crippen molar-refractivity contribution in [3.8, 4) is 0 Å². The Hall–Kier alpha value is -2.71. The first-order chi connectivity index (χ1) is 14.5. The maximum Gasteiger partial charge on any atom is 0.325 e. The number of ether oxygens (including phenoxy) is 1. The lowest BCUT2D eigenvalue weighted by Crippen LogP contribution is -2.46. The van der Waals surface area contributed by atoms with E-state index < -0.39 is 17.5 Å². The zero-order valence-corrected chi connectivity index (χ0v) is 17.7. The smallest absolute Gasteiger partial charge is 0.325 e. The molecule has 0 spiro atoms. The second-order valence-electron chi connectivity index (χ2n) is 7.80. The molecule has 2 aliphatic heterocycles. The molecular weight excluding hydrogens is 402 g/mol. The molecule has 0 aliphatic carbocycles. The molecule has 158 valence electrons. The van der Waals surface area contributed by atoms with Gasteiger partial charge in [-0.1, -0.05) is 36.4 Å². The van der Waals surface area contributed by atoms with E-state index in [9.17, 15) is 14.4 Å². The molecule has 4 rings (SSSR count). The molecule has 30 heavy (non-hydrogen) atoms. The topological polar surface area (TPSA) is 79.0 Å². The van der Waals surface area contributed by atoms with Gasteiger partial charge in [0.1, 0.15) is 12.1 Å². The minimum Gasteiger partial charge on any atom is -0.376 e. The maximum atomic E-state index is 13.2. The van der Waals surface area contributed by atoms with Gasteiger partial charge >= 0.3 is 6.03 Å². The van der Waals surface area contributed by atoms with Crippen LogP contribution in [-0.4, -0.2) is 53.4 Å². The van der Waals surface area contributed by atoms with Crippen molar-refractivity contribution >= 4 is 29.2 Å². The summed E-state index contributed by atoms with van der Waals surface area (Å²) < 4.78 is 5.71. The molecule has 1 aromatic carbocycles. The number of carbonyl (C=O) groups excluding carboxylic acids is 3. The average Bonchev–Trinajstić information content (AvgIpc) is 3.48. The number of nitrogens with one attached hydrogen (secondary N) is 1.